The van der Waals surface area contributed by atoms with Gasteiger partial charge in [0, 0.05) is 13.2 Å². The normalized spacial score (nSPS) is 13.1. The summed E-state index contributed by atoms with van der Waals surface area (Å²) in [6, 6.07) is 0. The molecule has 0 radical (unpaired) electrons. The fourth-order valence-electron chi connectivity index (χ4n) is 0.816. The van der Waals surface area contributed by atoms with E-state index in [-0.39, 0.29) is 12.7 Å². The van der Waals surface area contributed by atoms with Crippen LogP contribution in [0.15, 0.2) is 0 Å². The topological polar surface area (TPSA) is 68.2 Å². The predicted molar refractivity (Wildman–Crippen MR) is 51.1 cm³/mol. The van der Waals surface area contributed by atoms with Crippen LogP contribution in [0.5, 0.6) is 0 Å². The molecule has 5 nitrogen and oxygen atoms in total. The molecule has 14 heavy (non-hydrogen) atoms. The molecule has 0 saturated heterocycles. The molecular weight excluding hydrogens is 188 g/mol. The summed E-state index contributed by atoms with van der Waals surface area (Å²) in [5, 5.41) is 16.7. The van der Waals surface area contributed by atoms with Gasteiger partial charge in [-0.05, 0) is 19.8 Å². The zero-order valence-electron chi connectivity index (χ0n) is 8.65. The molecular formula is C9H20O5. The van der Waals surface area contributed by atoms with E-state index in [2.05, 4.69) is 4.89 Å². The molecule has 0 heterocycles. The molecule has 2 N–H and O–H groups in total. The van der Waals surface area contributed by atoms with Gasteiger partial charge in [0.15, 0.2) is 0 Å². The van der Waals surface area contributed by atoms with Crippen molar-refractivity contribution in [1.29, 1.82) is 0 Å². The summed E-state index contributed by atoms with van der Waals surface area (Å²) in [6.45, 7) is 3.95. The van der Waals surface area contributed by atoms with Crippen molar-refractivity contribution in [2.75, 3.05) is 33.0 Å². The van der Waals surface area contributed by atoms with E-state index < -0.39 is 0 Å². The molecule has 0 saturated carbocycles. The summed E-state index contributed by atoms with van der Waals surface area (Å²) < 4.78 is 10.3. The van der Waals surface area contributed by atoms with Crippen LogP contribution in [0, 0.1) is 0 Å². The molecule has 0 fully saturated rings. The highest BCUT2D eigenvalue weighted by atomic mass is 17.1. The van der Waals surface area contributed by atoms with E-state index in [9.17, 15) is 0 Å². The third kappa shape index (κ3) is 9.88. The van der Waals surface area contributed by atoms with Crippen molar-refractivity contribution in [3.8, 4) is 0 Å². The van der Waals surface area contributed by atoms with Gasteiger partial charge in [-0.15, -0.1) is 0 Å². The molecule has 5 heteroatoms. The summed E-state index contributed by atoms with van der Waals surface area (Å²) >= 11 is 0. The quantitative estimate of drug-likeness (QED) is 0.314. The summed E-state index contributed by atoms with van der Waals surface area (Å²) in [6.07, 6.45) is 1.34. The number of unbranched alkanes of at least 4 members (excludes halogenated alkanes) is 1. The lowest BCUT2D eigenvalue weighted by atomic mass is 10.3. The molecule has 86 valence electrons. The maximum Gasteiger partial charge on any atom is 0.113 e. The second-order valence-corrected chi connectivity index (χ2v) is 3.03. The van der Waals surface area contributed by atoms with Gasteiger partial charge in [-0.25, -0.2) is 4.89 Å². The van der Waals surface area contributed by atoms with Crippen LogP contribution in [-0.4, -0.2) is 49.5 Å². The highest BCUT2D eigenvalue weighted by molar-refractivity contribution is 4.43. The van der Waals surface area contributed by atoms with Crippen molar-refractivity contribution in [1.82, 2.24) is 0 Å². The minimum absolute atomic E-state index is 0.214. The lowest BCUT2D eigenvalue weighted by Crippen LogP contribution is -2.16. The Hall–Kier alpha value is -0.200. The first kappa shape index (κ1) is 13.8. The molecule has 0 aromatic carbocycles. The zero-order valence-corrected chi connectivity index (χ0v) is 8.65. The third-order valence-corrected chi connectivity index (χ3v) is 1.60. The minimum atomic E-state index is -0.301. The van der Waals surface area contributed by atoms with Crippen LogP contribution >= 0.6 is 0 Å². The maximum absolute atomic E-state index is 8.48. The molecule has 0 aliphatic rings. The number of rotatable bonds is 10. The Balaban J connectivity index is 2.92. The van der Waals surface area contributed by atoms with Crippen molar-refractivity contribution in [2.24, 2.45) is 0 Å². The average molecular weight is 208 g/mol. The fraction of sp³-hybridized carbons (Fsp3) is 1.00. The largest absolute Gasteiger partial charge is 0.396 e. The molecule has 0 aromatic rings. The SMILES string of the molecule is CC(COCCOCCCCO)OO. The second-order valence-electron chi connectivity index (χ2n) is 3.03. The Bertz CT molecular complexity index is 109. The number of aliphatic hydroxyl groups is 1. The third-order valence-electron chi connectivity index (χ3n) is 1.60. The van der Waals surface area contributed by atoms with Gasteiger partial charge in [0.2, 0.25) is 0 Å². The molecule has 0 amide bonds. The van der Waals surface area contributed by atoms with E-state index in [0.29, 0.717) is 26.4 Å². The molecule has 0 bridgehead atoms. The number of aliphatic hydroxyl groups excluding tert-OH is 1. The van der Waals surface area contributed by atoms with Crippen molar-refractivity contribution >= 4 is 0 Å². The molecule has 1 unspecified atom stereocenters. The molecule has 0 aliphatic heterocycles. The first-order valence-electron chi connectivity index (χ1n) is 4.87. The predicted octanol–water partition coefficient (Wildman–Crippen LogP) is 0.670. The zero-order chi connectivity index (χ0) is 10.6. The standard InChI is InChI=1S/C9H20O5/c1-9(14-11)8-13-7-6-12-5-3-2-4-10/h9-11H,2-8H2,1H3. The summed E-state index contributed by atoms with van der Waals surface area (Å²) in [7, 11) is 0. The van der Waals surface area contributed by atoms with Crippen LogP contribution in [0.25, 0.3) is 0 Å². The van der Waals surface area contributed by atoms with Gasteiger partial charge in [0.05, 0.1) is 19.8 Å². The van der Waals surface area contributed by atoms with Crippen LogP contribution in [0.2, 0.25) is 0 Å². The second kappa shape index (κ2) is 10.9. The van der Waals surface area contributed by atoms with Gasteiger partial charge in [0.1, 0.15) is 6.10 Å². The Morgan fingerprint density at radius 1 is 1.07 bits per heavy atom. The minimum Gasteiger partial charge on any atom is -0.396 e. The fourth-order valence-corrected chi connectivity index (χ4v) is 0.816. The van der Waals surface area contributed by atoms with E-state index in [1.54, 1.807) is 6.92 Å². The van der Waals surface area contributed by atoms with Gasteiger partial charge in [-0.2, -0.15) is 0 Å². The van der Waals surface area contributed by atoms with E-state index in [1.165, 1.54) is 0 Å². The number of hydrogen-bond donors (Lipinski definition) is 2. The van der Waals surface area contributed by atoms with Crippen molar-refractivity contribution < 1.29 is 24.7 Å². The van der Waals surface area contributed by atoms with E-state index in [4.69, 9.17) is 19.8 Å². The highest BCUT2D eigenvalue weighted by Gasteiger charge is 1.99. The van der Waals surface area contributed by atoms with E-state index >= 15 is 0 Å². The Labute approximate surface area is 84.5 Å². The molecule has 1 atom stereocenters. The van der Waals surface area contributed by atoms with Crippen LogP contribution in [-0.2, 0) is 14.4 Å². The van der Waals surface area contributed by atoms with Crippen molar-refractivity contribution in [3.63, 3.8) is 0 Å². The van der Waals surface area contributed by atoms with Gasteiger partial charge in [0.25, 0.3) is 0 Å². The Morgan fingerprint density at radius 2 is 1.79 bits per heavy atom. The molecule has 0 spiro atoms. The van der Waals surface area contributed by atoms with Crippen molar-refractivity contribution in [3.05, 3.63) is 0 Å². The first-order valence-corrected chi connectivity index (χ1v) is 4.87. The van der Waals surface area contributed by atoms with Crippen LogP contribution < -0.4 is 0 Å². The highest BCUT2D eigenvalue weighted by Crippen LogP contribution is 1.90. The lowest BCUT2D eigenvalue weighted by Gasteiger charge is -2.08. The summed E-state index contributed by atoms with van der Waals surface area (Å²) in [5.74, 6) is 0. The van der Waals surface area contributed by atoms with Crippen LogP contribution in [0.3, 0.4) is 0 Å². The van der Waals surface area contributed by atoms with Gasteiger partial charge in [-0.1, -0.05) is 0 Å². The van der Waals surface area contributed by atoms with Crippen molar-refractivity contribution in [2.45, 2.75) is 25.9 Å². The maximum atomic E-state index is 8.48. The van der Waals surface area contributed by atoms with Gasteiger partial charge < -0.3 is 14.6 Å². The molecule has 0 aromatic heterocycles. The van der Waals surface area contributed by atoms with Gasteiger partial charge in [-0.3, -0.25) is 5.26 Å². The van der Waals surface area contributed by atoms with Crippen LogP contribution in [0.4, 0.5) is 0 Å². The monoisotopic (exact) mass is 208 g/mol. The Morgan fingerprint density at radius 3 is 2.43 bits per heavy atom. The number of hydrogen-bond acceptors (Lipinski definition) is 5. The van der Waals surface area contributed by atoms with E-state index in [1.807, 2.05) is 0 Å². The molecule has 0 rings (SSSR count). The smallest absolute Gasteiger partial charge is 0.113 e. The summed E-state index contributed by atoms with van der Waals surface area (Å²) in [4.78, 5) is 4.02. The lowest BCUT2D eigenvalue weighted by molar-refractivity contribution is -0.282. The Kier molecular flexibility index (Phi) is 10.7. The first-order chi connectivity index (χ1) is 6.81. The number of ether oxygens (including phenoxy) is 2. The van der Waals surface area contributed by atoms with E-state index in [0.717, 1.165) is 12.8 Å². The average Bonchev–Trinajstić information content (AvgIpc) is 2.21. The molecule has 0 aliphatic carbocycles. The van der Waals surface area contributed by atoms with Gasteiger partial charge >= 0.3 is 0 Å². The van der Waals surface area contributed by atoms with Crippen LogP contribution in [0.1, 0.15) is 19.8 Å². The summed E-state index contributed by atoms with van der Waals surface area (Å²) in [5.41, 5.74) is 0.